The Labute approximate surface area is 111 Å². The Morgan fingerprint density at radius 2 is 2.16 bits per heavy atom. The number of rotatable bonds is 3. The highest BCUT2D eigenvalue weighted by Crippen LogP contribution is 2.33. The molecule has 1 aromatic heterocycles. The molecule has 2 heterocycles. The summed E-state index contributed by atoms with van der Waals surface area (Å²) < 4.78 is 1.69. The van der Waals surface area contributed by atoms with Gasteiger partial charge in [-0.1, -0.05) is 0 Å². The molecular formula is C12H18N4O3. The van der Waals surface area contributed by atoms with E-state index in [1.54, 1.807) is 18.5 Å². The van der Waals surface area contributed by atoms with Crippen molar-refractivity contribution in [3.63, 3.8) is 0 Å². The standard InChI is InChI=1S/C12H18N4O3/c1-8(17)10-6-4-5-7-15(10)12-11(16(18)19)13-9(2)14(12)3/h10H,4-7H2,1-3H3. The molecule has 0 N–H and O–H groups in total. The lowest BCUT2D eigenvalue weighted by Gasteiger charge is -2.34. The van der Waals surface area contributed by atoms with Crippen molar-refractivity contribution in [2.45, 2.75) is 39.2 Å². The van der Waals surface area contributed by atoms with Gasteiger partial charge in [0.25, 0.3) is 0 Å². The molecule has 2 rings (SSSR count). The minimum atomic E-state index is -0.478. The van der Waals surface area contributed by atoms with Crippen molar-refractivity contribution >= 4 is 17.4 Å². The fourth-order valence-corrected chi connectivity index (χ4v) is 2.63. The number of Topliss-reactive ketones (excluding diaryl/α,β-unsaturated/α-hetero) is 1. The Kier molecular flexibility index (Phi) is 3.55. The van der Waals surface area contributed by atoms with Crippen molar-refractivity contribution in [2.24, 2.45) is 7.05 Å². The number of aromatic nitrogens is 2. The molecule has 7 nitrogen and oxygen atoms in total. The zero-order valence-corrected chi connectivity index (χ0v) is 11.4. The summed E-state index contributed by atoms with van der Waals surface area (Å²) in [7, 11) is 1.75. The monoisotopic (exact) mass is 266 g/mol. The molecule has 1 aliphatic heterocycles. The van der Waals surface area contributed by atoms with Gasteiger partial charge in [0, 0.05) is 20.5 Å². The first-order valence-electron chi connectivity index (χ1n) is 6.38. The first-order valence-corrected chi connectivity index (χ1v) is 6.38. The van der Waals surface area contributed by atoms with Crippen molar-refractivity contribution in [1.29, 1.82) is 0 Å². The fourth-order valence-electron chi connectivity index (χ4n) is 2.63. The Morgan fingerprint density at radius 3 is 2.74 bits per heavy atom. The van der Waals surface area contributed by atoms with E-state index in [2.05, 4.69) is 4.98 Å². The first-order chi connectivity index (χ1) is 8.93. The highest BCUT2D eigenvalue weighted by Gasteiger charge is 2.35. The lowest BCUT2D eigenvalue weighted by molar-refractivity contribution is -0.388. The maximum Gasteiger partial charge on any atom is 0.406 e. The molecule has 0 saturated carbocycles. The molecular weight excluding hydrogens is 248 g/mol. The van der Waals surface area contributed by atoms with Gasteiger partial charge in [-0.3, -0.25) is 9.36 Å². The molecule has 0 bridgehead atoms. The molecule has 1 aliphatic rings. The van der Waals surface area contributed by atoms with Crippen LogP contribution in [0.2, 0.25) is 0 Å². The average Bonchev–Trinajstić information content (AvgIpc) is 2.66. The summed E-state index contributed by atoms with van der Waals surface area (Å²) in [5.41, 5.74) is 0. The molecule has 7 heteroatoms. The van der Waals surface area contributed by atoms with Gasteiger partial charge in [0.05, 0.1) is 6.04 Å². The van der Waals surface area contributed by atoms with Crippen LogP contribution in [0, 0.1) is 17.0 Å². The summed E-state index contributed by atoms with van der Waals surface area (Å²) in [6.45, 7) is 3.92. The Bertz CT molecular complexity index is 523. The number of aryl methyl sites for hydroxylation is 1. The molecule has 19 heavy (non-hydrogen) atoms. The predicted octanol–water partition coefficient (Wildman–Crippen LogP) is 1.58. The average molecular weight is 266 g/mol. The third-order valence-electron chi connectivity index (χ3n) is 3.69. The lowest BCUT2D eigenvalue weighted by Crippen LogP contribution is -2.45. The van der Waals surface area contributed by atoms with Gasteiger partial charge in [0.1, 0.15) is 0 Å². The molecule has 1 atom stereocenters. The number of hydrogen-bond acceptors (Lipinski definition) is 5. The third kappa shape index (κ3) is 2.32. The molecule has 1 unspecified atom stereocenters. The van der Waals surface area contributed by atoms with E-state index in [9.17, 15) is 14.9 Å². The van der Waals surface area contributed by atoms with Gasteiger partial charge in [0.2, 0.25) is 11.6 Å². The van der Waals surface area contributed by atoms with Gasteiger partial charge in [-0.2, -0.15) is 0 Å². The van der Waals surface area contributed by atoms with E-state index < -0.39 is 4.92 Å². The molecule has 1 fully saturated rings. The van der Waals surface area contributed by atoms with E-state index >= 15 is 0 Å². The number of ketones is 1. The van der Waals surface area contributed by atoms with Crippen molar-refractivity contribution in [3.8, 4) is 0 Å². The second kappa shape index (κ2) is 4.99. The number of carbonyl (C=O) groups excluding carboxylic acids is 1. The van der Waals surface area contributed by atoms with Crippen molar-refractivity contribution in [1.82, 2.24) is 9.55 Å². The van der Waals surface area contributed by atoms with E-state index in [0.717, 1.165) is 19.3 Å². The number of nitrogens with zero attached hydrogens (tertiary/aromatic N) is 4. The SMILES string of the molecule is CC(=O)C1CCCCN1c1c([N+](=O)[O-])nc(C)n1C. The van der Waals surface area contributed by atoms with E-state index in [1.165, 1.54) is 6.92 Å². The Morgan fingerprint density at radius 1 is 1.47 bits per heavy atom. The number of anilines is 1. The quantitative estimate of drug-likeness (QED) is 0.613. The van der Waals surface area contributed by atoms with Gasteiger partial charge in [0.15, 0.2) is 5.78 Å². The molecule has 1 saturated heterocycles. The summed E-state index contributed by atoms with van der Waals surface area (Å²) in [5.74, 6) is 0.915. The van der Waals surface area contributed by atoms with Gasteiger partial charge in [-0.15, -0.1) is 0 Å². The van der Waals surface area contributed by atoms with Crippen molar-refractivity contribution in [3.05, 3.63) is 15.9 Å². The van der Waals surface area contributed by atoms with Gasteiger partial charge < -0.3 is 15.0 Å². The van der Waals surface area contributed by atoms with Crippen molar-refractivity contribution < 1.29 is 9.72 Å². The Hall–Kier alpha value is -1.92. The number of imidazole rings is 1. The van der Waals surface area contributed by atoms with Crippen LogP contribution < -0.4 is 4.90 Å². The maximum absolute atomic E-state index is 11.7. The fraction of sp³-hybridized carbons (Fsp3) is 0.667. The number of nitro groups is 1. The summed E-state index contributed by atoms with van der Waals surface area (Å²) in [6, 6.07) is -0.276. The van der Waals surface area contributed by atoms with Crippen LogP contribution in [0.4, 0.5) is 11.6 Å². The summed E-state index contributed by atoms with van der Waals surface area (Å²) >= 11 is 0. The topological polar surface area (TPSA) is 81.3 Å². The normalized spacial score (nSPS) is 19.5. The molecule has 0 spiro atoms. The van der Waals surface area contributed by atoms with Crippen LogP contribution in [-0.4, -0.2) is 32.8 Å². The van der Waals surface area contributed by atoms with Crippen LogP contribution in [0.15, 0.2) is 0 Å². The van der Waals surface area contributed by atoms with Crippen LogP contribution in [0.5, 0.6) is 0 Å². The minimum Gasteiger partial charge on any atom is -0.358 e. The largest absolute Gasteiger partial charge is 0.406 e. The molecule has 104 valence electrons. The van der Waals surface area contributed by atoms with Gasteiger partial charge in [-0.05, 0) is 36.1 Å². The van der Waals surface area contributed by atoms with Crippen LogP contribution in [0.25, 0.3) is 0 Å². The lowest BCUT2D eigenvalue weighted by atomic mass is 9.99. The van der Waals surface area contributed by atoms with Crippen LogP contribution in [0.3, 0.4) is 0 Å². The zero-order chi connectivity index (χ0) is 14.2. The number of hydrogen-bond donors (Lipinski definition) is 0. The van der Waals surface area contributed by atoms with E-state index in [4.69, 9.17) is 0 Å². The second-order valence-corrected chi connectivity index (χ2v) is 4.94. The predicted molar refractivity (Wildman–Crippen MR) is 70.3 cm³/mol. The smallest absolute Gasteiger partial charge is 0.358 e. The second-order valence-electron chi connectivity index (χ2n) is 4.94. The van der Waals surface area contributed by atoms with Crippen LogP contribution >= 0.6 is 0 Å². The number of piperidine rings is 1. The van der Waals surface area contributed by atoms with E-state index in [-0.39, 0.29) is 17.6 Å². The highest BCUT2D eigenvalue weighted by atomic mass is 16.6. The highest BCUT2D eigenvalue weighted by molar-refractivity contribution is 5.85. The first kappa shape index (κ1) is 13.5. The molecule has 0 aliphatic carbocycles. The zero-order valence-electron chi connectivity index (χ0n) is 11.4. The summed E-state index contributed by atoms with van der Waals surface area (Å²) in [6.07, 6.45) is 2.66. The van der Waals surface area contributed by atoms with E-state index in [0.29, 0.717) is 18.2 Å². The molecule has 0 aromatic carbocycles. The molecule has 0 radical (unpaired) electrons. The maximum atomic E-state index is 11.7. The summed E-state index contributed by atoms with van der Waals surface area (Å²) in [4.78, 5) is 28.2. The van der Waals surface area contributed by atoms with Crippen LogP contribution in [0.1, 0.15) is 32.0 Å². The Balaban J connectivity index is 2.49. The van der Waals surface area contributed by atoms with Crippen molar-refractivity contribution in [2.75, 3.05) is 11.4 Å². The molecule has 0 amide bonds. The summed E-state index contributed by atoms with van der Waals surface area (Å²) in [5, 5.41) is 11.1. The van der Waals surface area contributed by atoms with Gasteiger partial charge in [-0.25, -0.2) is 0 Å². The van der Waals surface area contributed by atoms with Gasteiger partial charge >= 0.3 is 5.82 Å². The molecule has 1 aromatic rings. The van der Waals surface area contributed by atoms with E-state index in [1.807, 2.05) is 4.90 Å². The minimum absolute atomic E-state index is 0.0489. The number of carbonyl (C=O) groups is 1. The van der Waals surface area contributed by atoms with Crippen LogP contribution in [-0.2, 0) is 11.8 Å². The third-order valence-corrected chi connectivity index (χ3v) is 3.69.